The summed E-state index contributed by atoms with van der Waals surface area (Å²) in [5, 5.41) is 15.2. The van der Waals surface area contributed by atoms with E-state index in [2.05, 4.69) is 11.4 Å². The Balaban J connectivity index is 1.20. The van der Waals surface area contributed by atoms with Crippen LogP contribution in [-0.2, 0) is 27.7 Å². The molecular weight excluding hydrogens is 480 g/mol. The lowest BCUT2D eigenvalue weighted by Crippen LogP contribution is -3.15. The van der Waals surface area contributed by atoms with Crippen molar-refractivity contribution in [1.82, 2.24) is 4.31 Å². The summed E-state index contributed by atoms with van der Waals surface area (Å²) < 4.78 is 27.9. The summed E-state index contributed by atoms with van der Waals surface area (Å²) in [7, 11) is -3.58. The number of rotatable bonds is 5. The Morgan fingerprint density at radius 3 is 2.57 bits per heavy atom. The molecule has 1 amide bonds. The van der Waals surface area contributed by atoms with Crippen LogP contribution < -0.4 is 10.2 Å². The molecule has 0 radical (unpaired) electrons. The molecule has 0 unspecified atom stereocenters. The van der Waals surface area contributed by atoms with Gasteiger partial charge in [-0.2, -0.15) is 9.57 Å². The highest BCUT2D eigenvalue weighted by Crippen LogP contribution is 2.36. The number of quaternary nitrogens is 1. The van der Waals surface area contributed by atoms with Gasteiger partial charge in [0.1, 0.15) is 11.1 Å². The van der Waals surface area contributed by atoms with Gasteiger partial charge in [-0.1, -0.05) is 36.8 Å². The molecule has 1 fully saturated rings. The molecule has 1 aromatic heterocycles. The van der Waals surface area contributed by atoms with Crippen LogP contribution in [0, 0.1) is 11.3 Å². The summed E-state index contributed by atoms with van der Waals surface area (Å²) in [4.78, 5) is 15.4. The zero-order chi connectivity index (χ0) is 24.4. The number of hydrogen-bond acceptors (Lipinski definition) is 5. The highest BCUT2D eigenvalue weighted by atomic mass is 32.2. The molecule has 1 aliphatic heterocycles. The van der Waals surface area contributed by atoms with Crippen molar-refractivity contribution in [2.45, 2.75) is 37.0 Å². The van der Waals surface area contributed by atoms with Crippen molar-refractivity contribution in [1.29, 1.82) is 5.26 Å². The molecule has 0 bridgehead atoms. The maximum Gasteiger partial charge on any atom is 0.280 e. The molecular formula is C26H29N4O3S2+. The molecule has 2 N–H and O–H groups in total. The third kappa shape index (κ3) is 4.98. The Hall–Kier alpha value is -2.77. The molecule has 0 saturated carbocycles. The number of carbonyl (C=O) groups excluding carboxylic acids is 1. The monoisotopic (exact) mass is 509 g/mol. The number of amides is 1. The molecule has 7 nitrogen and oxygen atoms in total. The van der Waals surface area contributed by atoms with Gasteiger partial charge < -0.3 is 10.2 Å². The van der Waals surface area contributed by atoms with Gasteiger partial charge in [0.05, 0.1) is 36.6 Å². The Labute approximate surface area is 210 Å². The van der Waals surface area contributed by atoms with Gasteiger partial charge in [0, 0.05) is 4.88 Å². The number of anilines is 1. The molecule has 0 atom stereocenters. The van der Waals surface area contributed by atoms with Crippen LogP contribution in [0.3, 0.4) is 0 Å². The number of thiophene rings is 1. The number of aryl methyl sites for hydroxylation is 1. The van der Waals surface area contributed by atoms with Gasteiger partial charge in [0.25, 0.3) is 5.91 Å². The number of carbonyl (C=O) groups is 1. The van der Waals surface area contributed by atoms with Crippen molar-refractivity contribution in [2.75, 3.05) is 38.0 Å². The van der Waals surface area contributed by atoms with E-state index in [0.717, 1.165) is 46.9 Å². The first-order valence-corrected chi connectivity index (χ1v) is 14.4. The predicted molar refractivity (Wildman–Crippen MR) is 137 cm³/mol. The molecule has 9 heteroatoms. The standard InChI is InChI=1S/C26H28N4O3S2/c27-17-23-22-8-2-1-3-9-24(22)34-26(23)28-25(31)18-29-12-14-30(15-13-29)35(32,33)21-11-10-19-6-4-5-7-20(19)16-21/h4-7,10-11,16H,1-3,8-9,12-15,18H2,(H,28,31)/p+1. The van der Waals surface area contributed by atoms with Crippen LogP contribution in [0.2, 0.25) is 0 Å². The molecule has 182 valence electrons. The van der Waals surface area contributed by atoms with Gasteiger partial charge >= 0.3 is 0 Å². The van der Waals surface area contributed by atoms with Gasteiger partial charge in [-0.25, -0.2) is 8.42 Å². The van der Waals surface area contributed by atoms with Crippen LogP contribution in [0.5, 0.6) is 0 Å². The Bertz CT molecular complexity index is 1400. The van der Waals surface area contributed by atoms with Crippen molar-refractivity contribution in [3.05, 3.63) is 58.5 Å². The van der Waals surface area contributed by atoms with Crippen LogP contribution in [-0.4, -0.2) is 51.4 Å². The first kappa shape index (κ1) is 23.9. The second kappa shape index (κ2) is 10.1. The highest BCUT2D eigenvalue weighted by molar-refractivity contribution is 7.89. The molecule has 1 saturated heterocycles. The topological polar surface area (TPSA) is 94.7 Å². The van der Waals surface area contributed by atoms with E-state index in [1.54, 1.807) is 23.5 Å². The molecule has 2 aliphatic rings. The van der Waals surface area contributed by atoms with Gasteiger partial charge in [0.2, 0.25) is 10.0 Å². The van der Waals surface area contributed by atoms with E-state index in [4.69, 9.17) is 0 Å². The van der Waals surface area contributed by atoms with Gasteiger partial charge in [-0.15, -0.1) is 11.3 Å². The van der Waals surface area contributed by atoms with Crippen molar-refractivity contribution in [2.24, 2.45) is 0 Å². The highest BCUT2D eigenvalue weighted by Gasteiger charge is 2.31. The Morgan fingerprint density at radius 2 is 1.80 bits per heavy atom. The van der Waals surface area contributed by atoms with E-state index < -0.39 is 10.0 Å². The van der Waals surface area contributed by atoms with Crippen LogP contribution >= 0.6 is 11.3 Å². The second-order valence-electron chi connectivity index (χ2n) is 9.27. The van der Waals surface area contributed by atoms with E-state index in [1.165, 1.54) is 15.6 Å². The summed E-state index contributed by atoms with van der Waals surface area (Å²) in [5.74, 6) is -0.126. The first-order valence-electron chi connectivity index (χ1n) is 12.1. The average Bonchev–Trinajstić information content (AvgIpc) is 3.02. The number of fused-ring (bicyclic) bond motifs is 2. The molecule has 35 heavy (non-hydrogen) atoms. The second-order valence-corrected chi connectivity index (χ2v) is 12.3. The van der Waals surface area contributed by atoms with Crippen molar-refractivity contribution >= 4 is 43.0 Å². The van der Waals surface area contributed by atoms with E-state index >= 15 is 0 Å². The van der Waals surface area contributed by atoms with Crippen LogP contribution in [0.4, 0.5) is 5.00 Å². The fourth-order valence-electron chi connectivity index (χ4n) is 5.04. The number of piperazine rings is 1. The van der Waals surface area contributed by atoms with Crippen molar-refractivity contribution in [3.8, 4) is 6.07 Å². The van der Waals surface area contributed by atoms with Crippen molar-refractivity contribution in [3.63, 3.8) is 0 Å². The normalized spacial score (nSPS) is 17.5. The number of nitrogens with one attached hydrogen (secondary N) is 2. The molecule has 0 spiro atoms. The summed E-state index contributed by atoms with van der Waals surface area (Å²) in [6.45, 7) is 2.12. The van der Waals surface area contributed by atoms with Crippen LogP contribution in [0.25, 0.3) is 10.8 Å². The minimum Gasteiger partial charge on any atom is -0.325 e. The lowest BCUT2D eigenvalue weighted by molar-refractivity contribution is -0.895. The average molecular weight is 510 g/mol. The summed E-state index contributed by atoms with van der Waals surface area (Å²) in [5.41, 5.74) is 1.74. The molecule has 2 heterocycles. The summed E-state index contributed by atoms with van der Waals surface area (Å²) in [6, 6.07) is 15.3. The van der Waals surface area contributed by atoms with E-state index in [-0.39, 0.29) is 12.5 Å². The predicted octanol–water partition coefficient (Wildman–Crippen LogP) is 2.57. The summed E-state index contributed by atoms with van der Waals surface area (Å²) in [6.07, 6.45) is 5.28. The number of nitrogens with zero attached hydrogens (tertiary/aromatic N) is 2. The first-order chi connectivity index (χ1) is 17.0. The minimum atomic E-state index is -3.58. The zero-order valence-electron chi connectivity index (χ0n) is 19.5. The number of nitriles is 1. The van der Waals surface area contributed by atoms with Gasteiger partial charge in [0.15, 0.2) is 6.54 Å². The zero-order valence-corrected chi connectivity index (χ0v) is 21.2. The quantitative estimate of drug-likeness (QED) is 0.517. The Morgan fingerprint density at radius 1 is 1.06 bits per heavy atom. The molecule has 5 rings (SSSR count). The van der Waals surface area contributed by atoms with Crippen LogP contribution in [0.15, 0.2) is 47.4 Å². The Kier molecular flexibility index (Phi) is 6.89. The van der Waals surface area contributed by atoms with Crippen molar-refractivity contribution < 1.29 is 18.1 Å². The number of benzene rings is 2. The third-order valence-electron chi connectivity index (χ3n) is 6.98. The molecule has 3 aromatic rings. The number of hydrogen-bond donors (Lipinski definition) is 2. The smallest absolute Gasteiger partial charge is 0.280 e. The lowest BCUT2D eigenvalue weighted by Gasteiger charge is -2.31. The number of sulfonamides is 1. The summed E-state index contributed by atoms with van der Waals surface area (Å²) >= 11 is 1.54. The van der Waals surface area contributed by atoms with E-state index in [9.17, 15) is 18.5 Å². The fraction of sp³-hybridized carbons (Fsp3) is 0.385. The maximum absolute atomic E-state index is 13.2. The molecule has 1 aliphatic carbocycles. The third-order valence-corrected chi connectivity index (χ3v) is 10.1. The minimum absolute atomic E-state index is 0.126. The van der Waals surface area contributed by atoms with E-state index in [1.807, 2.05) is 30.3 Å². The van der Waals surface area contributed by atoms with E-state index in [0.29, 0.717) is 41.6 Å². The SMILES string of the molecule is N#Cc1c(NC(=O)C[NH+]2CCN(S(=O)(=O)c3ccc4ccccc4c3)CC2)sc2c1CCCCC2. The fourth-order valence-corrected chi connectivity index (χ4v) is 7.78. The lowest BCUT2D eigenvalue weighted by atomic mass is 10.1. The maximum atomic E-state index is 13.2. The van der Waals surface area contributed by atoms with Crippen LogP contribution in [0.1, 0.15) is 35.3 Å². The van der Waals surface area contributed by atoms with Gasteiger partial charge in [-0.05, 0) is 54.2 Å². The van der Waals surface area contributed by atoms with Gasteiger partial charge in [-0.3, -0.25) is 4.79 Å². The largest absolute Gasteiger partial charge is 0.325 e. The molecule has 2 aromatic carbocycles.